The number of alkyl halides is 3. The van der Waals surface area contributed by atoms with Crippen molar-refractivity contribution >= 4 is 21.6 Å². The Bertz CT molecular complexity index is 270. The highest BCUT2D eigenvalue weighted by Crippen LogP contribution is 2.23. The second-order valence-electron chi connectivity index (χ2n) is 2.97. The molecule has 1 atom stereocenters. The van der Waals surface area contributed by atoms with Crippen LogP contribution < -0.4 is 0 Å². The van der Waals surface area contributed by atoms with Crippen molar-refractivity contribution in [2.24, 2.45) is 5.92 Å². The van der Waals surface area contributed by atoms with Crippen molar-refractivity contribution in [3.63, 3.8) is 0 Å². The van der Waals surface area contributed by atoms with Gasteiger partial charge in [-0.2, -0.15) is 13.1 Å². The van der Waals surface area contributed by atoms with Crippen LogP contribution in [0.4, 0.5) is 8.78 Å². The summed E-state index contributed by atoms with van der Waals surface area (Å²) < 4.78 is 46.7. The zero-order valence-corrected chi connectivity index (χ0v) is 8.36. The fourth-order valence-electron chi connectivity index (χ4n) is 1.27. The van der Waals surface area contributed by atoms with Gasteiger partial charge in [0.1, 0.15) is 0 Å². The zero-order valence-electron chi connectivity index (χ0n) is 6.79. The van der Waals surface area contributed by atoms with Crippen LogP contribution in [-0.4, -0.2) is 37.5 Å². The monoisotopic (exact) mass is 233 g/mol. The molecule has 0 aromatic carbocycles. The molecular formula is C6H10ClF2NO2S. The van der Waals surface area contributed by atoms with Crippen LogP contribution in [0.2, 0.25) is 0 Å². The van der Waals surface area contributed by atoms with E-state index in [1.807, 2.05) is 0 Å². The summed E-state index contributed by atoms with van der Waals surface area (Å²) in [7, 11) is -4.38. The minimum absolute atomic E-state index is 0.00944. The fourth-order valence-corrected chi connectivity index (χ4v) is 2.52. The van der Waals surface area contributed by atoms with E-state index in [4.69, 9.17) is 11.6 Å². The minimum atomic E-state index is -4.38. The first-order chi connectivity index (χ1) is 5.98. The Morgan fingerprint density at radius 3 is 2.54 bits per heavy atom. The van der Waals surface area contributed by atoms with Crippen LogP contribution in [0, 0.1) is 5.92 Å². The molecule has 1 aliphatic rings. The van der Waals surface area contributed by atoms with Crippen LogP contribution in [0.25, 0.3) is 0 Å². The third-order valence-electron chi connectivity index (χ3n) is 2.05. The second kappa shape index (κ2) is 4.06. The van der Waals surface area contributed by atoms with Gasteiger partial charge in [0.25, 0.3) is 10.0 Å². The van der Waals surface area contributed by atoms with Crippen LogP contribution in [0.15, 0.2) is 0 Å². The van der Waals surface area contributed by atoms with Gasteiger partial charge in [0, 0.05) is 19.0 Å². The highest BCUT2D eigenvalue weighted by Gasteiger charge is 2.36. The van der Waals surface area contributed by atoms with Gasteiger partial charge in [-0.1, -0.05) is 0 Å². The van der Waals surface area contributed by atoms with Crippen LogP contribution in [0.5, 0.6) is 0 Å². The predicted octanol–water partition coefficient (Wildman–Crippen LogP) is 1.10. The molecule has 1 rings (SSSR count). The SMILES string of the molecule is O=S(=O)(C(F)F)N1CCC(CCl)C1. The molecule has 1 unspecified atom stereocenters. The van der Waals surface area contributed by atoms with Gasteiger partial charge in [-0.3, -0.25) is 0 Å². The maximum Gasteiger partial charge on any atom is 0.350 e. The van der Waals surface area contributed by atoms with E-state index in [9.17, 15) is 17.2 Å². The quantitative estimate of drug-likeness (QED) is 0.685. The number of rotatable bonds is 3. The van der Waals surface area contributed by atoms with E-state index in [0.717, 1.165) is 4.31 Å². The van der Waals surface area contributed by atoms with E-state index in [1.165, 1.54) is 0 Å². The summed E-state index contributed by atoms with van der Waals surface area (Å²) in [5, 5.41) is 0. The summed E-state index contributed by atoms with van der Waals surface area (Å²) in [6.45, 7) is 0.278. The van der Waals surface area contributed by atoms with Crippen LogP contribution >= 0.6 is 11.6 Å². The molecule has 0 aromatic rings. The van der Waals surface area contributed by atoms with Crippen molar-refractivity contribution in [1.82, 2.24) is 4.31 Å². The first-order valence-corrected chi connectivity index (χ1v) is 5.85. The summed E-state index contributed by atoms with van der Waals surface area (Å²) in [4.78, 5) is 0. The first kappa shape index (κ1) is 11.1. The Morgan fingerprint density at radius 1 is 1.54 bits per heavy atom. The fraction of sp³-hybridized carbons (Fsp3) is 1.00. The molecule has 78 valence electrons. The highest BCUT2D eigenvalue weighted by atomic mass is 35.5. The molecule has 0 saturated carbocycles. The van der Waals surface area contributed by atoms with Crippen LogP contribution in [-0.2, 0) is 10.0 Å². The average molecular weight is 234 g/mol. The van der Waals surface area contributed by atoms with Gasteiger partial charge in [0.2, 0.25) is 0 Å². The van der Waals surface area contributed by atoms with Gasteiger partial charge >= 0.3 is 5.76 Å². The van der Waals surface area contributed by atoms with E-state index in [0.29, 0.717) is 12.3 Å². The van der Waals surface area contributed by atoms with Crippen LogP contribution in [0.3, 0.4) is 0 Å². The molecule has 1 heterocycles. The second-order valence-corrected chi connectivity index (χ2v) is 5.18. The van der Waals surface area contributed by atoms with Crippen molar-refractivity contribution in [2.75, 3.05) is 19.0 Å². The van der Waals surface area contributed by atoms with E-state index < -0.39 is 15.8 Å². The lowest BCUT2D eigenvalue weighted by Crippen LogP contribution is -2.33. The molecular weight excluding hydrogens is 224 g/mol. The molecule has 1 aliphatic heterocycles. The number of sulfonamides is 1. The third-order valence-corrected chi connectivity index (χ3v) is 3.99. The molecule has 7 heteroatoms. The largest absolute Gasteiger partial charge is 0.350 e. The molecule has 0 aromatic heterocycles. The molecule has 0 N–H and O–H groups in total. The molecule has 1 saturated heterocycles. The Balaban J connectivity index is 2.66. The van der Waals surface area contributed by atoms with Crippen molar-refractivity contribution in [2.45, 2.75) is 12.2 Å². The number of nitrogens with zero attached hydrogens (tertiary/aromatic N) is 1. The predicted molar refractivity (Wildman–Crippen MR) is 45.3 cm³/mol. The summed E-state index contributed by atoms with van der Waals surface area (Å²) in [6, 6.07) is 0. The lowest BCUT2D eigenvalue weighted by atomic mass is 10.2. The summed E-state index contributed by atoms with van der Waals surface area (Å²) in [5.74, 6) is -2.99. The van der Waals surface area contributed by atoms with E-state index >= 15 is 0 Å². The number of halogens is 3. The maximum atomic E-state index is 12.0. The molecule has 0 bridgehead atoms. The normalized spacial score (nSPS) is 25.7. The average Bonchev–Trinajstić information content (AvgIpc) is 2.51. The number of hydrogen-bond donors (Lipinski definition) is 0. The third kappa shape index (κ3) is 2.30. The van der Waals surface area contributed by atoms with Crippen molar-refractivity contribution < 1.29 is 17.2 Å². The lowest BCUT2D eigenvalue weighted by Gasteiger charge is -2.14. The molecule has 3 nitrogen and oxygen atoms in total. The van der Waals surface area contributed by atoms with E-state index in [1.54, 1.807) is 0 Å². The molecule has 0 spiro atoms. The molecule has 13 heavy (non-hydrogen) atoms. The zero-order chi connectivity index (χ0) is 10.1. The van der Waals surface area contributed by atoms with Crippen molar-refractivity contribution in [3.8, 4) is 0 Å². The summed E-state index contributed by atoms with van der Waals surface area (Å²) >= 11 is 5.49. The van der Waals surface area contributed by atoms with Gasteiger partial charge < -0.3 is 0 Å². The highest BCUT2D eigenvalue weighted by molar-refractivity contribution is 7.89. The lowest BCUT2D eigenvalue weighted by molar-refractivity contribution is 0.222. The molecule has 0 amide bonds. The van der Waals surface area contributed by atoms with Gasteiger partial charge in [-0.25, -0.2) is 8.42 Å². The van der Waals surface area contributed by atoms with Crippen molar-refractivity contribution in [1.29, 1.82) is 0 Å². The van der Waals surface area contributed by atoms with Gasteiger partial charge in [-0.05, 0) is 12.3 Å². The topological polar surface area (TPSA) is 37.4 Å². The van der Waals surface area contributed by atoms with E-state index in [-0.39, 0.29) is 19.0 Å². The Kier molecular flexibility index (Phi) is 3.48. The smallest absolute Gasteiger partial charge is 0.206 e. The summed E-state index contributed by atoms with van der Waals surface area (Å²) in [5.41, 5.74) is 0. The Morgan fingerprint density at radius 2 is 2.15 bits per heavy atom. The molecule has 0 aliphatic carbocycles. The minimum Gasteiger partial charge on any atom is -0.206 e. The van der Waals surface area contributed by atoms with E-state index in [2.05, 4.69) is 0 Å². The van der Waals surface area contributed by atoms with Crippen molar-refractivity contribution in [3.05, 3.63) is 0 Å². The standard InChI is InChI=1S/C6H10ClF2NO2S/c7-3-5-1-2-10(4-5)13(11,12)6(8)9/h5-6H,1-4H2. The van der Waals surface area contributed by atoms with Gasteiger partial charge in [0.15, 0.2) is 0 Å². The summed E-state index contributed by atoms with van der Waals surface area (Å²) in [6.07, 6.45) is 0.565. The van der Waals surface area contributed by atoms with Gasteiger partial charge in [0.05, 0.1) is 0 Å². The molecule has 0 radical (unpaired) electrons. The Labute approximate surface area is 80.7 Å². The molecule has 1 fully saturated rings. The number of hydrogen-bond acceptors (Lipinski definition) is 2. The maximum absolute atomic E-state index is 12.0. The first-order valence-electron chi connectivity index (χ1n) is 3.81. The van der Waals surface area contributed by atoms with Gasteiger partial charge in [-0.15, -0.1) is 11.6 Å². The van der Waals surface area contributed by atoms with Crippen LogP contribution in [0.1, 0.15) is 6.42 Å². The Hall–Kier alpha value is 0.0600.